The van der Waals surface area contributed by atoms with Gasteiger partial charge in [0.2, 0.25) is 0 Å². The van der Waals surface area contributed by atoms with Crippen LogP contribution in [0, 0.1) is 12.8 Å². The molecule has 2 N–H and O–H groups in total. The number of phenols is 1. The predicted molar refractivity (Wildman–Crippen MR) is 121 cm³/mol. The third-order valence-corrected chi connectivity index (χ3v) is 5.34. The lowest BCUT2D eigenvalue weighted by molar-refractivity contribution is 0.138. The molecule has 2 heterocycles. The maximum atomic E-state index is 13.2. The summed E-state index contributed by atoms with van der Waals surface area (Å²) >= 11 is 0. The Hall–Kier alpha value is -3.19. The van der Waals surface area contributed by atoms with Gasteiger partial charge in [-0.3, -0.25) is 4.90 Å². The van der Waals surface area contributed by atoms with Gasteiger partial charge >= 0.3 is 6.09 Å². The van der Waals surface area contributed by atoms with Crippen molar-refractivity contribution in [3.05, 3.63) is 48.0 Å². The first-order valence-corrected chi connectivity index (χ1v) is 10.7. The quantitative estimate of drug-likeness (QED) is 0.641. The Bertz CT molecular complexity index is 1090. The molecule has 7 nitrogen and oxygen atoms in total. The first-order valence-electron chi connectivity index (χ1n) is 10.7. The van der Waals surface area contributed by atoms with E-state index in [9.17, 15) is 9.90 Å². The molecule has 1 amide bonds. The van der Waals surface area contributed by atoms with E-state index in [2.05, 4.69) is 5.32 Å². The molecule has 2 aromatic carbocycles. The van der Waals surface area contributed by atoms with Crippen molar-refractivity contribution in [2.24, 2.45) is 5.92 Å². The van der Waals surface area contributed by atoms with Gasteiger partial charge in [0.15, 0.2) is 5.82 Å². The number of ether oxygens (including phenoxy) is 1. The number of carbonyl (C=O) groups excluding carboxylic acids is 1. The zero-order chi connectivity index (χ0) is 22.0. The van der Waals surface area contributed by atoms with E-state index in [1.54, 1.807) is 23.1 Å². The molecule has 3 aromatic rings. The Morgan fingerprint density at radius 3 is 2.77 bits per heavy atom. The number of phenolic OH excluding ortho intramolecular Hbond substituents is 1. The van der Waals surface area contributed by atoms with Gasteiger partial charge in [-0.15, -0.1) is 0 Å². The molecule has 4 rings (SSSR count). The van der Waals surface area contributed by atoms with Gasteiger partial charge in [0.05, 0.1) is 23.7 Å². The Labute approximate surface area is 182 Å². The van der Waals surface area contributed by atoms with Gasteiger partial charge in [-0.25, -0.2) is 14.8 Å². The first-order chi connectivity index (χ1) is 14.9. The number of anilines is 1. The van der Waals surface area contributed by atoms with Gasteiger partial charge < -0.3 is 15.2 Å². The molecule has 1 unspecified atom stereocenters. The maximum Gasteiger partial charge on any atom is 0.415 e. The van der Waals surface area contributed by atoms with Crippen LogP contribution in [0.2, 0.25) is 0 Å². The number of fused-ring (bicyclic) bond motifs is 1. The van der Waals surface area contributed by atoms with Crippen LogP contribution >= 0.6 is 0 Å². The van der Waals surface area contributed by atoms with Crippen molar-refractivity contribution in [1.82, 2.24) is 15.3 Å². The third kappa shape index (κ3) is 4.46. The normalized spacial score (nSPS) is 16.1. The molecule has 1 atom stereocenters. The van der Waals surface area contributed by atoms with Gasteiger partial charge in [0.1, 0.15) is 11.6 Å². The number of nitrogens with one attached hydrogen (secondary N) is 1. The zero-order valence-corrected chi connectivity index (χ0v) is 18.1. The molecule has 1 fully saturated rings. The lowest BCUT2D eigenvalue weighted by Gasteiger charge is -2.28. The van der Waals surface area contributed by atoms with Crippen LogP contribution in [-0.4, -0.2) is 46.9 Å². The van der Waals surface area contributed by atoms with E-state index < -0.39 is 6.09 Å². The lowest BCUT2D eigenvalue weighted by atomic mass is 10.1. The Morgan fingerprint density at radius 2 is 2.06 bits per heavy atom. The highest BCUT2D eigenvalue weighted by molar-refractivity contribution is 6.00. The summed E-state index contributed by atoms with van der Waals surface area (Å²) in [6, 6.07) is 12.8. The second kappa shape index (κ2) is 8.89. The molecule has 7 heteroatoms. The van der Waals surface area contributed by atoms with Crippen molar-refractivity contribution in [3.63, 3.8) is 0 Å². The number of carbonyl (C=O) groups is 1. The zero-order valence-electron chi connectivity index (χ0n) is 18.1. The molecular weight excluding hydrogens is 392 g/mol. The average molecular weight is 421 g/mol. The van der Waals surface area contributed by atoms with Crippen LogP contribution in [0.15, 0.2) is 42.5 Å². The van der Waals surface area contributed by atoms with E-state index in [4.69, 9.17) is 14.7 Å². The highest BCUT2D eigenvalue weighted by atomic mass is 16.6. The molecule has 1 saturated heterocycles. The van der Waals surface area contributed by atoms with Gasteiger partial charge in [0, 0.05) is 11.9 Å². The summed E-state index contributed by atoms with van der Waals surface area (Å²) in [5.74, 6) is 1.20. The number of hydrogen-bond acceptors (Lipinski definition) is 6. The molecule has 0 aliphatic carbocycles. The fourth-order valence-electron chi connectivity index (χ4n) is 3.77. The Kier molecular flexibility index (Phi) is 6.04. The number of para-hydroxylation sites is 1. The minimum atomic E-state index is -0.411. The highest BCUT2D eigenvalue weighted by Gasteiger charge is 2.32. The third-order valence-electron chi connectivity index (χ3n) is 5.34. The van der Waals surface area contributed by atoms with Crippen molar-refractivity contribution in [2.45, 2.75) is 33.2 Å². The summed E-state index contributed by atoms with van der Waals surface area (Å²) in [6.45, 7) is 7.84. The maximum absolute atomic E-state index is 13.2. The molecule has 162 valence electrons. The van der Waals surface area contributed by atoms with Gasteiger partial charge in [-0.1, -0.05) is 32.0 Å². The van der Waals surface area contributed by atoms with Crippen LogP contribution in [0.3, 0.4) is 0 Å². The highest BCUT2D eigenvalue weighted by Crippen LogP contribution is 2.33. The van der Waals surface area contributed by atoms with Crippen molar-refractivity contribution in [3.8, 4) is 17.1 Å². The summed E-state index contributed by atoms with van der Waals surface area (Å²) in [6.07, 6.45) is 0.395. The summed E-state index contributed by atoms with van der Waals surface area (Å²) in [7, 11) is 0. The number of benzene rings is 2. The first kappa shape index (κ1) is 21.1. The summed E-state index contributed by atoms with van der Waals surface area (Å²) in [5, 5.41) is 14.5. The van der Waals surface area contributed by atoms with Gasteiger partial charge in [-0.2, -0.15) is 0 Å². The van der Waals surface area contributed by atoms with Crippen molar-refractivity contribution in [2.75, 3.05) is 24.6 Å². The number of aromatic nitrogens is 2. The van der Waals surface area contributed by atoms with Crippen LogP contribution in [-0.2, 0) is 4.74 Å². The molecule has 1 aromatic heterocycles. The van der Waals surface area contributed by atoms with Crippen molar-refractivity contribution >= 4 is 22.8 Å². The minimum absolute atomic E-state index is 0.0729. The van der Waals surface area contributed by atoms with Crippen molar-refractivity contribution in [1.29, 1.82) is 0 Å². The SMILES string of the molecule is Cc1ccc2c(N(C(=O)OCC(C)C)C3CCNC3)nc(-c3ccccc3O)nc2c1. The predicted octanol–water partition coefficient (Wildman–Crippen LogP) is 4.27. The van der Waals surface area contributed by atoms with E-state index in [1.165, 1.54) is 0 Å². The number of rotatable bonds is 5. The number of hydrogen-bond donors (Lipinski definition) is 2. The molecule has 31 heavy (non-hydrogen) atoms. The summed E-state index contributed by atoms with van der Waals surface area (Å²) in [4.78, 5) is 24.4. The standard InChI is InChI=1S/C24H28N4O3/c1-15(2)14-31-24(30)28(17-10-11-25-13-17)23-18-9-8-16(3)12-20(18)26-22(27-23)19-6-4-5-7-21(19)29/h4-9,12,15,17,25,29H,10-11,13-14H2,1-3H3. The van der Waals surface area contributed by atoms with E-state index in [1.807, 2.05) is 45.0 Å². The number of aromatic hydroxyl groups is 1. The van der Waals surface area contributed by atoms with Crippen LogP contribution in [0.1, 0.15) is 25.8 Å². The molecule has 1 aliphatic rings. The number of nitrogens with zero attached hydrogens (tertiary/aromatic N) is 3. The smallest absolute Gasteiger partial charge is 0.415 e. The fourth-order valence-corrected chi connectivity index (χ4v) is 3.77. The number of aryl methyl sites for hydroxylation is 1. The second-order valence-corrected chi connectivity index (χ2v) is 8.40. The molecule has 1 aliphatic heterocycles. The monoisotopic (exact) mass is 420 g/mol. The minimum Gasteiger partial charge on any atom is -0.507 e. The summed E-state index contributed by atoms with van der Waals surface area (Å²) < 4.78 is 5.62. The lowest BCUT2D eigenvalue weighted by Crippen LogP contribution is -2.43. The largest absolute Gasteiger partial charge is 0.507 e. The van der Waals surface area contributed by atoms with Crippen LogP contribution in [0.25, 0.3) is 22.3 Å². The van der Waals surface area contributed by atoms with Crippen LogP contribution in [0.5, 0.6) is 5.75 Å². The second-order valence-electron chi connectivity index (χ2n) is 8.40. The van der Waals surface area contributed by atoms with Crippen LogP contribution in [0.4, 0.5) is 10.6 Å². The Morgan fingerprint density at radius 1 is 1.26 bits per heavy atom. The topological polar surface area (TPSA) is 87.6 Å². The molecule has 0 bridgehead atoms. The van der Waals surface area contributed by atoms with E-state index >= 15 is 0 Å². The van der Waals surface area contributed by atoms with E-state index in [0.717, 1.165) is 29.4 Å². The van der Waals surface area contributed by atoms with Gasteiger partial charge in [-0.05, 0) is 55.6 Å². The van der Waals surface area contributed by atoms with E-state index in [0.29, 0.717) is 30.4 Å². The average Bonchev–Trinajstić information content (AvgIpc) is 3.26. The molecule has 0 saturated carbocycles. The molecular formula is C24H28N4O3. The van der Waals surface area contributed by atoms with E-state index in [-0.39, 0.29) is 17.7 Å². The van der Waals surface area contributed by atoms with Crippen molar-refractivity contribution < 1.29 is 14.6 Å². The molecule has 0 spiro atoms. The number of amides is 1. The summed E-state index contributed by atoms with van der Waals surface area (Å²) in [5.41, 5.74) is 2.29. The Balaban J connectivity index is 1.89. The fraction of sp³-hybridized carbons (Fsp3) is 0.375. The van der Waals surface area contributed by atoms with Gasteiger partial charge in [0.25, 0.3) is 0 Å². The van der Waals surface area contributed by atoms with Crippen LogP contribution < -0.4 is 10.2 Å². The molecule has 0 radical (unpaired) electrons.